The molecular formula is C18H27F4IN4. The molecule has 2 N–H and O–H groups in total. The zero-order valence-corrected chi connectivity index (χ0v) is 17.9. The van der Waals surface area contributed by atoms with Gasteiger partial charge in [0.05, 0.1) is 5.56 Å². The van der Waals surface area contributed by atoms with Crippen molar-refractivity contribution in [3.63, 3.8) is 0 Å². The van der Waals surface area contributed by atoms with E-state index in [-0.39, 0.29) is 42.1 Å². The van der Waals surface area contributed by atoms with Gasteiger partial charge < -0.3 is 15.5 Å². The van der Waals surface area contributed by atoms with Gasteiger partial charge in [0, 0.05) is 32.7 Å². The van der Waals surface area contributed by atoms with Crippen LogP contribution in [-0.4, -0.2) is 43.6 Å². The van der Waals surface area contributed by atoms with Crippen LogP contribution in [-0.2, 0) is 12.7 Å². The first-order valence-corrected chi connectivity index (χ1v) is 8.88. The van der Waals surface area contributed by atoms with Crippen molar-refractivity contribution >= 4 is 29.9 Å². The highest BCUT2D eigenvalue weighted by Gasteiger charge is 2.33. The molecule has 0 unspecified atom stereocenters. The van der Waals surface area contributed by atoms with Crippen LogP contribution in [0, 0.1) is 5.82 Å². The summed E-state index contributed by atoms with van der Waals surface area (Å²) in [6, 6.07) is 2.95. The van der Waals surface area contributed by atoms with Crippen LogP contribution in [0.5, 0.6) is 0 Å². The lowest BCUT2D eigenvalue weighted by Gasteiger charge is -2.32. The van der Waals surface area contributed by atoms with Gasteiger partial charge in [-0.15, -0.1) is 24.0 Å². The van der Waals surface area contributed by atoms with E-state index in [0.717, 1.165) is 51.0 Å². The number of alkyl halides is 3. The molecule has 0 spiro atoms. The van der Waals surface area contributed by atoms with E-state index in [0.29, 0.717) is 12.0 Å². The van der Waals surface area contributed by atoms with E-state index in [1.54, 1.807) is 7.05 Å². The predicted molar refractivity (Wildman–Crippen MR) is 110 cm³/mol. The minimum absolute atomic E-state index is 0. The van der Waals surface area contributed by atoms with Crippen LogP contribution >= 0.6 is 24.0 Å². The average Bonchev–Trinajstić information content (AvgIpc) is 2.60. The van der Waals surface area contributed by atoms with Gasteiger partial charge in [0.2, 0.25) is 0 Å². The van der Waals surface area contributed by atoms with Crippen LogP contribution in [0.2, 0.25) is 0 Å². The van der Waals surface area contributed by atoms with E-state index in [9.17, 15) is 17.6 Å². The minimum Gasteiger partial charge on any atom is -0.354 e. The van der Waals surface area contributed by atoms with Crippen LogP contribution < -0.4 is 10.6 Å². The molecule has 0 amide bonds. The Morgan fingerprint density at radius 2 is 1.93 bits per heavy atom. The number of hydrogen-bond acceptors (Lipinski definition) is 2. The molecule has 1 heterocycles. The maximum atomic E-state index is 13.2. The minimum atomic E-state index is -4.60. The van der Waals surface area contributed by atoms with Crippen molar-refractivity contribution < 1.29 is 17.6 Å². The summed E-state index contributed by atoms with van der Waals surface area (Å²) in [7, 11) is 1.58. The van der Waals surface area contributed by atoms with Crippen molar-refractivity contribution in [3.8, 4) is 0 Å². The first-order chi connectivity index (χ1) is 12.3. The predicted octanol–water partition coefficient (Wildman–Crippen LogP) is 4.00. The van der Waals surface area contributed by atoms with Crippen molar-refractivity contribution in [1.29, 1.82) is 0 Å². The molecular weight excluding hydrogens is 475 g/mol. The Kier molecular flexibility index (Phi) is 9.78. The SMILES string of the molecule is CCCN1CCC(NC(=NC)NCc2ccc(F)cc2C(F)(F)F)CC1.I. The highest BCUT2D eigenvalue weighted by Crippen LogP contribution is 2.32. The molecule has 1 aromatic rings. The van der Waals surface area contributed by atoms with E-state index >= 15 is 0 Å². The van der Waals surface area contributed by atoms with Gasteiger partial charge in [0.15, 0.2) is 5.96 Å². The first kappa shape index (κ1) is 23.9. The third-order valence-corrected chi connectivity index (χ3v) is 4.52. The molecule has 1 aliphatic heterocycles. The van der Waals surface area contributed by atoms with Gasteiger partial charge in [-0.2, -0.15) is 13.2 Å². The van der Waals surface area contributed by atoms with Crippen LogP contribution in [0.1, 0.15) is 37.3 Å². The van der Waals surface area contributed by atoms with Gasteiger partial charge in [0.1, 0.15) is 5.82 Å². The molecule has 0 bridgehead atoms. The van der Waals surface area contributed by atoms with Crippen LogP contribution in [0.4, 0.5) is 17.6 Å². The van der Waals surface area contributed by atoms with E-state index in [2.05, 4.69) is 27.4 Å². The fourth-order valence-corrected chi connectivity index (χ4v) is 3.15. The Balaban J connectivity index is 0.00000364. The number of guanidine groups is 1. The number of halogens is 5. The Labute approximate surface area is 174 Å². The smallest absolute Gasteiger partial charge is 0.354 e. The number of hydrogen-bond donors (Lipinski definition) is 2. The molecule has 1 saturated heterocycles. The number of aliphatic imine (C=N–C) groups is 1. The topological polar surface area (TPSA) is 39.7 Å². The lowest BCUT2D eigenvalue weighted by atomic mass is 10.0. The summed E-state index contributed by atoms with van der Waals surface area (Å²) in [5, 5.41) is 6.17. The molecule has 9 heteroatoms. The number of likely N-dealkylation sites (tertiary alicyclic amines) is 1. The summed E-state index contributed by atoms with van der Waals surface area (Å²) >= 11 is 0. The third kappa shape index (κ3) is 7.44. The van der Waals surface area contributed by atoms with E-state index in [1.807, 2.05) is 0 Å². The van der Waals surface area contributed by atoms with Gasteiger partial charge in [-0.25, -0.2) is 4.39 Å². The van der Waals surface area contributed by atoms with Gasteiger partial charge in [-0.05, 0) is 43.5 Å². The quantitative estimate of drug-likeness (QED) is 0.277. The van der Waals surface area contributed by atoms with E-state index < -0.39 is 17.6 Å². The summed E-state index contributed by atoms with van der Waals surface area (Å²) in [5.41, 5.74) is -0.979. The summed E-state index contributed by atoms with van der Waals surface area (Å²) < 4.78 is 52.4. The molecule has 1 aliphatic rings. The Morgan fingerprint density at radius 1 is 1.26 bits per heavy atom. The standard InChI is InChI=1S/C18H26F4N4.HI/c1-3-8-26-9-6-15(7-10-26)25-17(23-2)24-12-13-4-5-14(19)11-16(13)18(20,21)22;/h4-5,11,15H,3,6-10,12H2,1-2H3,(H2,23,24,25);1H. The van der Waals surface area contributed by atoms with Crippen LogP contribution in [0.3, 0.4) is 0 Å². The lowest BCUT2D eigenvalue weighted by Crippen LogP contribution is -2.48. The number of rotatable bonds is 5. The summed E-state index contributed by atoms with van der Waals surface area (Å²) in [6.45, 7) is 5.16. The van der Waals surface area contributed by atoms with Crippen LogP contribution in [0.25, 0.3) is 0 Å². The van der Waals surface area contributed by atoms with E-state index in [1.165, 1.54) is 0 Å². The number of piperidine rings is 1. The maximum absolute atomic E-state index is 13.2. The molecule has 1 aromatic carbocycles. The van der Waals surface area contributed by atoms with Crippen molar-refractivity contribution in [2.45, 2.75) is 44.9 Å². The number of benzene rings is 1. The molecule has 0 saturated carbocycles. The highest BCUT2D eigenvalue weighted by atomic mass is 127. The molecule has 0 aliphatic carbocycles. The van der Waals surface area contributed by atoms with E-state index in [4.69, 9.17) is 0 Å². The fourth-order valence-electron chi connectivity index (χ4n) is 3.15. The van der Waals surface area contributed by atoms with Crippen molar-refractivity contribution in [1.82, 2.24) is 15.5 Å². The molecule has 154 valence electrons. The largest absolute Gasteiger partial charge is 0.416 e. The molecule has 1 fully saturated rings. The normalized spacial score (nSPS) is 16.7. The zero-order valence-electron chi connectivity index (χ0n) is 15.6. The second-order valence-corrected chi connectivity index (χ2v) is 6.49. The number of nitrogens with one attached hydrogen (secondary N) is 2. The van der Waals surface area contributed by atoms with Gasteiger partial charge >= 0.3 is 6.18 Å². The van der Waals surface area contributed by atoms with Gasteiger partial charge in [0.25, 0.3) is 0 Å². The average molecular weight is 502 g/mol. The molecule has 27 heavy (non-hydrogen) atoms. The van der Waals surface area contributed by atoms with Crippen LogP contribution in [0.15, 0.2) is 23.2 Å². The first-order valence-electron chi connectivity index (χ1n) is 8.88. The summed E-state index contributed by atoms with van der Waals surface area (Å²) in [6.07, 6.45) is -1.54. The number of nitrogens with zero attached hydrogens (tertiary/aromatic N) is 2. The Hall–Kier alpha value is -1.10. The molecule has 0 atom stereocenters. The van der Waals surface area contributed by atoms with Gasteiger partial charge in [-0.1, -0.05) is 13.0 Å². The summed E-state index contributed by atoms with van der Waals surface area (Å²) in [4.78, 5) is 6.49. The Morgan fingerprint density at radius 3 is 2.48 bits per heavy atom. The fraction of sp³-hybridized carbons (Fsp3) is 0.611. The second kappa shape index (κ2) is 11.0. The monoisotopic (exact) mass is 502 g/mol. The van der Waals surface area contributed by atoms with Gasteiger partial charge in [-0.3, -0.25) is 4.99 Å². The molecule has 0 radical (unpaired) electrons. The van der Waals surface area contributed by atoms with Crippen molar-refractivity contribution in [2.75, 3.05) is 26.7 Å². The second-order valence-electron chi connectivity index (χ2n) is 6.49. The molecule has 4 nitrogen and oxygen atoms in total. The highest BCUT2D eigenvalue weighted by molar-refractivity contribution is 14.0. The summed E-state index contributed by atoms with van der Waals surface area (Å²) in [5.74, 6) is -0.446. The zero-order chi connectivity index (χ0) is 19.2. The third-order valence-electron chi connectivity index (χ3n) is 4.52. The maximum Gasteiger partial charge on any atom is 0.416 e. The lowest BCUT2D eigenvalue weighted by molar-refractivity contribution is -0.138. The van der Waals surface area contributed by atoms with Crippen molar-refractivity contribution in [2.24, 2.45) is 4.99 Å². The molecule has 2 rings (SSSR count). The molecule has 0 aromatic heterocycles. The van der Waals surface area contributed by atoms with Crippen molar-refractivity contribution in [3.05, 3.63) is 35.1 Å². The Bertz CT molecular complexity index is 614.